The summed E-state index contributed by atoms with van der Waals surface area (Å²) >= 11 is 0. The van der Waals surface area contributed by atoms with Gasteiger partial charge in [-0.05, 0) is 44.7 Å². The third-order valence-electron chi connectivity index (χ3n) is 5.25. The third-order valence-corrected chi connectivity index (χ3v) is 5.25. The van der Waals surface area contributed by atoms with Crippen LogP contribution in [0, 0.1) is 20.8 Å². The van der Waals surface area contributed by atoms with Crippen LogP contribution < -0.4 is 5.32 Å². The molecule has 0 radical (unpaired) electrons. The first kappa shape index (κ1) is 16.8. The highest BCUT2D eigenvalue weighted by atomic mass is 16.1. The second kappa shape index (κ2) is 6.56. The van der Waals surface area contributed by atoms with Gasteiger partial charge in [-0.3, -0.25) is 4.79 Å². The molecule has 4 rings (SSSR count). The van der Waals surface area contributed by atoms with Gasteiger partial charge in [-0.2, -0.15) is 5.10 Å². The van der Waals surface area contributed by atoms with Crippen LogP contribution in [0.15, 0.2) is 36.4 Å². The molecular weight excluding hydrogens is 324 g/mol. The van der Waals surface area contributed by atoms with E-state index in [1.54, 1.807) is 0 Å². The molecule has 0 saturated heterocycles. The Kier molecular flexibility index (Phi) is 4.23. The second-order valence-electron chi connectivity index (χ2n) is 7.24. The molecule has 1 fully saturated rings. The van der Waals surface area contributed by atoms with Gasteiger partial charge in [-0.15, -0.1) is 0 Å². The number of hydrogen-bond donors (Lipinski definition) is 1. The number of nitrogens with zero attached hydrogens (tertiary/aromatic N) is 3. The molecule has 0 bridgehead atoms. The zero-order valence-electron chi connectivity index (χ0n) is 15.5. The van der Waals surface area contributed by atoms with Crippen molar-refractivity contribution in [2.24, 2.45) is 0 Å². The van der Waals surface area contributed by atoms with Gasteiger partial charge in [0.2, 0.25) is 5.91 Å². The van der Waals surface area contributed by atoms with Gasteiger partial charge in [0.25, 0.3) is 0 Å². The van der Waals surface area contributed by atoms with Crippen molar-refractivity contribution in [2.75, 3.05) is 0 Å². The van der Waals surface area contributed by atoms with Crippen LogP contribution in [0.4, 0.5) is 0 Å². The number of hydrogen-bond acceptors (Lipinski definition) is 3. The number of benzene rings is 1. The summed E-state index contributed by atoms with van der Waals surface area (Å²) in [6, 6.07) is 12.7. The molecule has 1 saturated carbocycles. The third kappa shape index (κ3) is 3.21. The molecule has 1 aromatic carbocycles. The Labute approximate surface area is 153 Å². The maximum atomic E-state index is 12.4. The van der Waals surface area contributed by atoms with E-state index in [0.29, 0.717) is 18.8 Å². The highest BCUT2D eigenvalue weighted by Crippen LogP contribution is 2.40. The Morgan fingerprint density at radius 1 is 1.23 bits per heavy atom. The second-order valence-corrected chi connectivity index (χ2v) is 7.24. The summed E-state index contributed by atoms with van der Waals surface area (Å²) in [5.74, 6) is 0.581. The van der Waals surface area contributed by atoms with E-state index < -0.39 is 0 Å². The first-order valence-electron chi connectivity index (χ1n) is 9.19. The van der Waals surface area contributed by atoms with Crippen LogP contribution in [0.3, 0.4) is 0 Å². The largest absolute Gasteiger partial charge is 0.353 e. The van der Waals surface area contributed by atoms with Crippen LogP contribution >= 0.6 is 0 Å². The number of fused-ring (bicyclic) bond motifs is 1. The average molecular weight is 348 g/mol. The van der Waals surface area contributed by atoms with E-state index in [-0.39, 0.29) is 11.9 Å². The molecule has 2 heterocycles. The number of aromatic nitrogens is 3. The van der Waals surface area contributed by atoms with Crippen molar-refractivity contribution < 1.29 is 4.79 Å². The van der Waals surface area contributed by atoms with Gasteiger partial charge in [0.15, 0.2) is 5.65 Å². The van der Waals surface area contributed by atoms with Gasteiger partial charge in [0, 0.05) is 35.8 Å². The predicted octanol–water partition coefficient (Wildman–Crippen LogP) is 3.26. The lowest BCUT2D eigenvalue weighted by Crippen LogP contribution is -2.27. The lowest BCUT2D eigenvalue weighted by atomic mass is 10.1. The zero-order valence-corrected chi connectivity index (χ0v) is 15.5. The van der Waals surface area contributed by atoms with Crippen LogP contribution in [-0.2, 0) is 11.2 Å². The first-order chi connectivity index (χ1) is 12.5. The monoisotopic (exact) mass is 348 g/mol. The first-order valence-corrected chi connectivity index (χ1v) is 9.19. The van der Waals surface area contributed by atoms with Crippen LogP contribution in [0.2, 0.25) is 0 Å². The topological polar surface area (TPSA) is 59.3 Å². The summed E-state index contributed by atoms with van der Waals surface area (Å²) in [7, 11) is 0. The van der Waals surface area contributed by atoms with E-state index in [1.807, 2.05) is 37.4 Å². The number of aryl methyl sites for hydroxylation is 3. The minimum atomic E-state index is 0.115. The molecule has 26 heavy (non-hydrogen) atoms. The number of rotatable bonds is 5. The summed E-state index contributed by atoms with van der Waals surface area (Å²) in [4.78, 5) is 17.0. The van der Waals surface area contributed by atoms with Gasteiger partial charge in [-0.1, -0.05) is 30.3 Å². The Bertz CT molecular complexity index is 961. The van der Waals surface area contributed by atoms with Gasteiger partial charge in [0.1, 0.15) is 0 Å². The van der Waals surface area contributed by atoms with Gasteiger partial charge in [-0.25, -0.2) is 9.50 Å². The van der Waals surface area contributed by atoms with Crippen molar-refractivity contribution >= 4 is 11.6 Å². The molecule has 5 nitrogen and oxygen atoms in total. The molecule has 134 valence electrons. The number of nitrogens with one attached hydrogen (secondary N) is 1. The summed E-state index contributed by atoms with van der Waals surface area (Å²) in [5.41, 5.74) is 6.31. The van der Waals surface area contributed by atoms with E-state index in [9.17, 15) is 4.79 Å². The molecular formula is C21H24N4O. The fourth-order valence-electron chi connectivity index (χ4n) is 3.74. The average Bonchev–Trinajstić information content (AvgIpc) is 3.27. The van der Waals surface area contributed by atoms with Crippen molar-refractivity contribution in [1.82, 2.24) is 19.9 Å². The Balaban J connectivity index is 1.39. The fourth-order valence-corrected chi connectivity index (χ4v) is 3.74. The minimum Gasteiger partial charge on any atom is -0.353 e. The Hall–Kier alpha value is -2.69. The molecule has 0 spiro atoms. The van der Waals surface area contributed by atoms with E-state index in [4.69, 9.17) is 0 Å². The molecule has 5 heteroatoms. The lowest BCUT2D eigenvalue weighted by Gasteiger charge is -2.11. The van der Waals surface area contributed by atoms with E-state index in [2.05, 4.69) is 39.7 Å². The lowest BCUT2D eigenvalue weighted by molar-refractivity contribution is -0.121. The van der Waals surface area contributed by atoms with Gasteiger partial charge in [0.05, 0.1) is 5.69 Å². The van der Waals surface area contributed by atoms with Crippen LogP contribution in [0.25, 0.3) is 5.65 Å². The quantitative estimate of drug-likeness (QED) is 0.770. The summed E-state index contributed by atoms with van der Waals surface area (Å²) in [5, 5.41) is 7.67. The van der Waals surface area contributed by atoms with Crippen LogP contribution in [-0.4, -0.2) is 26.5 Å². The maximum absolute atomic E-state index is 12.4. The van der Waals surface area contributed by atoms with Crippen molar-refractivity contribution in [3.8, 4) is 0 Å². The smallest absolute Gasteiger partial charge is 0.220 e. The van der Waals surface area contributed by atoms with Crippen molar-refractivity contribution in [1.29, 1.82) is 0 Å². The van der Waals surface area contributed by atoms with Crippen molar-refractivity contribution in [3.63, 3.8) is 0 Å². The van der Waals surface area contributed by atoms with E-state index in [1.165, 1.54) is 5.56 Å². The van der Waals surface area contributed by atoms with Crippen molar-refractivity contribution in [2.45, 2.75) is 52.0 Å². The normalized spacial score (nSPS) is 18.9. The Morgan fingerprint density at radius 2 is 2.00 bits per heavy atom. The SMILES string of the molecule is Cc1cc2nc(C)c(CCC(=O)N[C@H]3C[C@H]3c3ccccc3)c(C)n2n1. The van der Waals surface area contributed by atoms with Crippen LogP contribution in [0.5, 0.6) is 0 Å². The summed E-state index contributed by atoms with van der Waals surface area (Å²) < 4.78 is 1.88. The molecule has 0 unspecified atom stereocenters. The molecule has 0 aliphatic heterocycles. The van der Waals surface area contributed by atoms with Crippen LogP contribution in [0.1, 0.15) is 47.0 Å². The number of carbonyl (C=O) groups is 1. The molecule has 1 aliphatic carbocycles. The highest BCUT2D eigenvalue weighted by molar-refractivity contribution is 5.77. The molecule has 2 atom stereocenters. The fraction of sp³-hybridized carbons (Fsp3) is 0.381. The number of amides is 1. The number of carbonyl (C=O) groups excluding carboxylic acids is 1. The summed E-state index contributed by atoms with van der Waals surface area (Å²) in [6.07, 6.45) is 2.20. The Morgan fingerprint density at radius 3 is 2.77 bits per heavy atom. The standard InChI is InChI=1S/C21H24N4O/c1-13-11-20-22-14(2)17(15(3)25(20)24-13)9-10-21(26)23-19-12-18(19)16-7-5-4-6-8-16/h4-8,11,18-19H,9-10,12H2,1-3H3,(H,23,26)/t18-,19-/m0/s1. The molecule has 1 N–H and O–H groups in total. The van der Waals surface area contributed by atoms with Gasteiger partial charge >= 0.3 is 0 Å². The summed E-state index contributed by atoms with van der Waals surface area (Å²) in [6.45, 7) is 6.03. The highest BCUT2D eigenvalue weighted by Gasteiger charge is 2.39. The maximum Gasteiger partial charge on any atom is 0.220 e. The zero-order chi connectivity index (χ0) is 18.3. The molecule has 1 aliphatic rings. The van der Waals surface area contributed by atoms with E-state index in [0.717, 1.165) is 34.7 Å². The molecule has 3 aromatic rings. The molecule has 1 amide bonds. The van der Waals surface area contributed by atoms with Gasteiger partial charge < -0.3 is 5.32 Å². The predicted molar refractivity (Wildman–Crippen MR) is 101 cm³/mol. The minimum absolute atomic E-state index is 0.115. The van der Waals surface area contributed by atoms with E-state index >= 15 is 0 Å². The van der Waals surface area contributed by atoms with Crippen molar-refractivity contribution in [3.05, 3.63) is 64.6 Å². The molecule has 2 aromatic heterocycles.